The van der Waals surface area contributed by atoms with Crippen molar-refractivity contribution in [1.29, 1.82) is 0 Å². The fourth-order valence-electron chi connectivity index (χ4n) is 4.04. The van der Waals surface area contributed by atoms with Crippen LogP contribution in [0.4, 0.5) is 0 Å². The maximum absolute atomic E-state index is 5.95. The number of rotatable bonds is 10. The van der Waals surface area contributed by atoms with E-state index in [-0.39, 0.29) is 24.0 Å². The summed E-state index contributed by atoms with van der Waals surface area (Å²) in [6.45, 7) is 9.38. The van der Waals surface area contributed by atoms with Crippen molar-refractivity contribution in [3.05, 3.63) is 35.9 Å². The minimum atomic E-state index is 0. The maximum atomic E-state index is 5.95. The minimum Gasteiger partial charge on any atom is -0.381 e. The average molecular weight is 530 g/mol. The van der Waals surface area contributed by atoms with E-state index in [1.165, 1.54) is 24.9 Å². The number of hydrogen-bond donors (Lipinski definition) is 2. The lowest BCUT2D eigenvalue weighted by atomic mass is 10.1. The van der Waals surface area contributed by atoms with Gasteiger partial charge in [-0.2, -0.15) is 0 Å². The highest BCUT2D eigenvalue weighted by atomic mass is 127. The Kier molecular flexibility index (Phi) is 12.7. The molecule has 30 heavy (non-hydrogen) atoms. The summed E-state index contributed by atoms with van der Waals surface area (Å²) in [6.07, 6.45) is 5.92. The molecule has 1 atom stereocenters. The van der Waals surface area contributed by atoms with Gasteiger partial charge in [0.05, 0.1) is 12.6 Å². The molecule has 1 unspecified atom stereocenters. The smallest absolute Gasteiger partial charge is 0.191 e. The van der Waals surface area contributed by atoms with Crippen LogP contribution in [0.15, 0.2) is 35.3 Å². The first-order valence-electron chi connectivity index (χ1n) is 11.3. The van der Waals surface area contributed by atoms with E-state index in [1.54, 1.807) is 0 Å². The van der Waals surface area contributed by atoms with E-state index >= 15 is 0 Å². The zero-order valence-corrected chi connectivity index (χ0v) is 20.7. The lowest BCUT2D eigenvalue weighted by molar-refractivity contribution is -0.0320. The summed E-state index contributed by atoms with van der Waals surface area (Å²) in [5.41, 5.74) is 1.39. The van der Waals surface area contributed by atoms with Crippen molar-refractivity contribution in [1.82, 2.24) is 15.5 Å². The topological polar surface area (TPSA) is 58.1 Å². The number of nitrogens with one attached hydrogen (secondary N) is 2. The molecule has 2 aliphatic rings. The lowest BCUT2D eigenvalue weighted by Crippen LogP contribution is -2.39. The number of nitrogens with zero attached hydrogens (tertiary/aromatic N) is 2. The van der Waals surface area contributed by atoms with Crippen LogP contribution in [0.25, 0.3) is 0 Å². The average Bonchev–Trinajstić information content (AvgIpc) is 3.20. The fourth-order valence-corrected chi connectivity index (χ4v) is 4.04. The van der Waals surface area contributed by atoms with E-state index in [1.807, 2.05) is 0 Å². The van der Waals surface area contributed by atoms with Gasteiger partial charge in [-0.3, -0.25) is 9.89 Å². The molecule has 2 aliphatic heterocycles. The van der Waals surface area contributed by atoms with Gasteiger partial charge in [-0.25, -0.2) is 0 Å². The monoisotopic (exact) mass is 530 g/mol. The van der Waals surface area contributed by atoms with Crippen LogP contribution >= 0.6 is 24.0 Å². The van der Waals surface area contributed by atoms with E-state index in [2.05, 4.69) is 52.8 Å². The molecule has 0 aliphatic carbocycles. The molecule has 170 valence electrons. The summed E-state index contributed by atoms with van der Waals surface area (Å²) in [6, 6.07) is 11.3. The Hall–Kier alpha value is -0.900. The van der Waals surface area contributed by atoms with Crippen LogP contribution in [0.3, 0.4) is 0 Å². The van der Waals surface area contributed by atoms with Gasteiger partial charge in [0, 0.05) is 45.5 Å². The highest BCUT2D eigenvalue weighted by Crippen LogP contribution is 2.20. The van der Waals surface area contributed by atoms with Crippen molar-refractivity contribution in [3.8, 4) is 0 Å². The SMILES string of the molecule is CCNC(=NCC1CCCN1Cc1ccccc1)NCCCOC1CCOCC1.I. The number of guanidine groups is 1. The van der Waals surface area contributed by atoms with Gasteiger partial charge in [-0.05, 0) is 51.1 Å². The van der Waals surface area contributed by atoms with Gasteiger partial charge in [-0.1, -0.05) is 30.3 Å². The Labute approximate surface area is 199 Å². The second kappa shape index (κ2) is 15.0. The Morgan fingerprint density at radius 3 is 2.73 bits per heavy atom. The molecule has 6 nitrogen and oxygen atoms in total. The maximum Gasteiger partial charge on any atom is 0.191 e. The lowest BCUT2D eigenvalue weighted by Gasteiger charge is -2.24. The first-order chi connectivity index (χ1) is 14.3. The van der Waals surface area contributed by atoms with Crippen molar-refractivity contribution in [3.63, 3.8) is 0 Å². The zero-order valence-electron chi connectivity index (χ0n) is 18.4. The quantitative estimate of drug-likeness (QED) is 0.210. The third kappa shape index (κ3) is 9.08. The first-order valence-corrected chi connectivity index (χ1v) is 11.3. The standard InChI is InChI=1S/C23H38N4O2.HI/c1-2-24-23(25-13-7-15-29-22-11-16-28-17-12-22)26-18-21-10-6-14-27(21)19-20-8-4-3-5-9-20;/h3-5,8-9,21-22H,2,6-7,10-19H2,1H3,(H2,24,25,26);1H. The molecule has 0 bridgehead atoms. The van der Waals surface area contributed by atoms with Gasteiger partial charge < -0.3 is 20.1 Å². The van der Waals surface area contributed by atoms with E-state index < -0.39 is 0 Å². The highest BCUT2D eigenvalue weighted by Gasteiger charge is 2.24. The summed E-state index contributed by atoms with van der Waals surface area (Å²) >= 11 is 0. The van der Waals surface area contributed by atoms with Gasteiger partial charge in [0.2, 0.25) is 0 Å². The van der Waals surface area contributed by atoms with E-state index in [4.69, 9.17) is 14.5 Å². The van der Waals surface area contributed by atoms with E-state index in [0.29, 0.717) is 12.1 Å². The number of aliphatic imine (C=N–C) groups is 1. The Bertz CT molecular complexity index is 596. The normalized spacial score (nSPS) is 20.7. The Morgan fingerprint density at radius 2 is 1.97 bits per heavy atom. The Balaban J connectivity index is 0.00000320. The molecule has 7 heteroatoms. The molecule has 0 spiro atoms. The molecule has 1 aromatic carbocycles. The fraction of sp³-hybridized carbons (Fsp3) is 0.696. The molecule has 0 aromatic heterocycles. The second-order valence-electron chi connectivity index (χ2n) is 7.93. The molecule has 2 N–H and O–H groups in total. The third-order valence-electron chi connectivity index (χ3n) is 5.67. The molecule has 2 fully saturated rings. The second-order valence-corrected chi connectivity index (χ2v) is 7.93. The molecule has 0 amide bonds. The van der Waals surface area contributed by atoms with Gasteiger partial charge >= 0.3 is 0 Å². The van der Waals surface area contributed by atoms with Crippen molar-refractivity contribution in [2.45, 2.75) is 57.7 Å². The van der Waals surface area contributed by atoms with E-state index in [9.17, 15) is 0 Å². The van der Waals surface area contributed by atoms with Crippen LogP contribution in [0.1, 0.15) is 44.6 Å². The van der Waals surface area contributed by atoms with Crippen molar-refractivity contribution >= 4 is 29.9 Å². The van der Waals surface area contributed by atoms with Gasteiger partial charge in [0.1, 0.15) is 0 Å². The number of ether oxygens (including phenoxy) is 2. The largest absolute Gasteiger partial charge is 0.381 e. The van der Waals surface area contributed by atoms with Crippen LogP contribution in [0.5, 0.6) is 0 Å². The van der Waals surface area contributed by atoms with Crippen molar-refractivity contribution in [2.24, 2.45) is 4.99 Å². The van der Waals surface area contributed by atoms with Gasteiger partial charge in [-0.15, -0.1) is 24.0 Å². The molecule has 0 saturated carbocycles. The van der Waals surface area contributed by atoms with Gasteiger partial charge in [0.25, 0.3) is 0 Å². The molecule has 2 saturated heterocycles. The summed E-state index contributed by atoms with van der Waals surface area (Å²) in [7, 11) is 0. The summed E-state index contributed by atoms with van der Waals surface area (Å²) in [5, 5.41) is 6.84. The number of benzene rings is 1. The predicted molar refractivity (Wildman–Crippen MR) is 134 cm³/mol. The van der Waals surface area contributed by atoms with Crippen molar-refractivity contribution in [2.75, 3.05) is 46.0 Å². The minimum absolute atomic E-state index is 0. The van der Waals surface area contributed by atoms with Crippen LogP contribution in [0.2, 0.25) is 0 Å². The van der Waals surface area contributed by atoms with Crippen LogP contribution in [-0.2, 0) is 16.0 Å². The van der Waals surface area contributed by atoms with Crippen LogP contribution < -0.4 is 10.6 Å². The summed E-state index contributed by atoms with van der Waals surface area (Å²) in [4.78, 5) is 7.44. The van der Waals surface area contributed by atoms with Gasteiger partial charge in [0.15, 0.2) is 5.96 Å². The molecule has 1 aromatic rings. The number of hydrogen-bond acceptors (Lipinski definition) is 4. The van der Waals surface area contributed by atoms with Crippen LogP contribution in [0, 0.1) is 0 Å². The predicted octanol–water partition coefficient (Wildman–Crippen LogP) is 3.41. The first kappa shape index (κ1) is 25.4. The van der Waals surface area contributed by atoms with E-state index in [0.717, 1.165) is 71.2 Å². The summed E-state index contributed by atoms with van der Waals surface area (Å²) < 4.78 is 11.3. The molecular weight excluding hydrogens is 491 g/mol. The molecule has 0 radical (unpaired) electrons. The third-order valence-corrected chi connectivity index (χ3v) is 5.67. The number of likely N-dealkylation sites (tertiary alicyclic amines) is 1. The number of halogens is 1. The van der Waals surface area contributed by atoms with Crippen LogP contribution in [-0.4, -0.2) is 69.0 Å². The zero-order chi connectivity index (χ0) is 20.2. The molecule has 3 rings (SSSR count). The Morgan fingerprint density at radius 1 is 1.17 bits per heavy atom. The molecular formula is C23H39IN4O2. The molecule has 2 heterocycles. The highest BCUT2D eigenvalue weighted by molar-refractivity contribution is 14.0. The van der Waals surface area contributed by atoms with Crippen molar-refractivity contribution < 1.29 is 9.47 Å². The summed E-state index contributed by atoms with van der Waals surface area (Å²) in [5.74, 6) is 0.921.